The van der Waals surface area contributed by atoms with E-state index in [1.165, 1.54) is 12.3 Å². The van der Waals surface area contributed by atoms with Gasteiger partial charge < -0.3 is 11.1 Å². The summed E-state index contributed by atoms with van der Waals surface area (Å²) in [6, 6.07) is 3.08. The van der Waals surface area contributed by atoms with E-state index in [-0.39, 0.29) is 4.90 Å². The Hall–Kier alpha value is -2.09. The lowest BCUT2D eigenvalue weighted by molar-refractivity contribution is 0.601. The Morgan fingerprint density at radius 1 is 1.50 bits per heavy atom. The summed E-state index contributed by atoms with van der Waals surface area (Å²) < 4.78 is 23.1. The van der Waals surface area contributed by atoms with Crippen LogP contribution in [0.25, 0.3) is 0 Å². The number of pyridine rings is 1. The van der Waals surface area contributed by atoms with Crippen molar-refractivity contribution in [3.05, 3.63) is 30.1 Å². The van der Waals surface area contributed by atoms with E-state index in [2.05, 4.69) is 20.5 Å². The highest BCUT2D eigenvalue weighted by molar-refractivity contribution is 7.90. The van der Waals surface area contributed by atoms with Gasteiger partial charge >= 0.3 is 0 Å². The highest BCUT2D eigenvalue weighted by atomic mass is 32.2. The Kier molecular flexibility index (Phi) is 3.19. The van der Waals surface area contributed by atoms with Crippen molar-refractivity contribution in [2.24, 2.45) is 0 Å². The van der Waals surface area contributed by atoms with Crippen molar-refractivity contribution in [2.75, 3.05) is 17.3 Å². The van der Waals surface area contributed by atoms with Crippen LogP contribution < -0.4 is 11.1 Å². The molecule has 0 aromatic carbocycles. The van der Waals surface area contributed by atoms with E-state index < -0.39 is 9.84 Å². The molecule has 4 N–H and O–H groups in total. The van der Waals surface area contributed by atoms with Gasteiger partial charge in [-0.1, -0.05) is 0 Å². The first kappa shape index (κ1) is 12.4. The standard InChI is InChI=1S/C10H13N5O2S/c1-18(16,17)8-3-2-4-12-10(8)13-5-7-6-14-15-9(7)11/h2-4,6H,5H2,1H3,(H,12,13)(H3,11,14,15). The fraction of sp³-hybridized carbons (Fsp3) is 0.200. The molecule has 0 amide bonds. The van der Waals surface area contributed by atoms with Crippen LogP contribution in [0.5, 0.6) is 0 Å². The van der Waals surface area contributed by atoms with Gasteiger partial charge in [0, 0.05) is 24.6 Å². The number of aromatic nitrogens is 3. The number of anilines is 2. The summed E-state index contributed by atoms with van der Waals surface area (Å²) in [6.45, 7) is 0.349. The van der Waals surface area contributed by atoms with Crippen LogP contribution in [-0.2, 0) is 16.4 Å². The fourth-order valence-electron chi connectivity index (χ4n) is 1.46. The maximum absolute atomic E-state index is 11.6. The molecule has 0 saturated carbocycles. The molecule has 0 fully saturated rings. The minimum atomic E-state index is -3.31. The van der Waals surface area contributed by atoms with Crippen LogP contribution in [0.15, 0.2) is 29.4 Å². The highest BCUT2D eigenvalue weighted by Crippen LogP contribution is 2.19. The van der Waals surface area contributed by atoms with Crippen molar-refractivity contribution < 1.29 is 8.42 Å². The van der Waals surface area contributed by atoms with Crippen LogP contribution in [0, 0.1) is 0 Å². The third-order valence-corrected chi connectivity index (χ3v) is 3.50. The van der Waals surface area contributed by atoms with Crippen molar-refractivity contribution in [1.82, 2.24) is 15.2 Å². The first-order valence-electron chi connectivity index (χ1n) is 5.15. The molecule has 0 spiro atoms. The Morgan fingerprint density at radius 2 is 2.28 bits per heavy atom. The Labute approximate surface area is 104 Å². The molecule has 18 heavy (non-hydrogen) atoms. The number of sulfone groups is 1. The van der Waals surface area contributed by atoms with E-state index in [0.29, 0.717) is 18.2 Å². The number of aromatic amines is 1. The van der Waals surface area contributed by atoms with E-state index in [0.717, 1.165) is 11.8 Å². The molecule has 96 valence electrons. The zero-order chi connectivity index (χ0) is 13.2. The number of nitrogens with zero attached hydrogens (tertiary/aromatic N) is 2. The van der Waals surface area contributed by atoms with E-state index in [9.17, 15) is 8.42 Å². The second-order valence-electron chi connectivity index (χ2n) is 3.78. The molecule has 0 radical (unpaired) electrons. The second kappa shape index (κ2) is 4.65. The molecule has 0 bridgehead atoms. The van der Waals surface area contributed by atoms with Gasteiger partial charge in [0.1, 0.15) is 16.5 Å². The summed E-state index contributed by atoms with van der Waals surface area (Å²) in [6.07, 6.45) is 4.24. The lowest BCUT2D eigenvalue weighted by atomic mass is 10.3. The van der Waals surface area contributed by atoms with Gasteiger partial charge in [-0.2, -0.15) is 5.10 Å². The van der Waals surface area contributed by atoms with Gasteiger partial charge in [-0.25, -0.2) is 13.4 Å². The van der Waals surface area contributed by atoms with Gasteiger partial charge in [0.05, 0.1) is 6.20 Å². The number of nitrogens with two attached hydrogens (primary N) is 1. The topological polar surface area (TPSA) is 114 Å². The summed E-state index contributed by atoms with van der Waals surface area (Å²) in [5.74, 6) is 0.750. The van der Waals surface area contributed by atoms with Crippen molar-refractivity contribution >= 4 is 21.5 Å². The number of H-pyrrole nitrogens is 1. The first-order valence-corrected chi connectivity index (χ1v) is 7.04. The van der Waals surface area contributed by atoms with Crippen LogP contribution in [0.1, 0.15) is 5.56 Å². The van der Waals surface area contributed by atoms with Crippen LogP contribution in [0.3, 0.4) is 0 Å². The van der Waals surface area contributed by atoms with Gasteiger partial charge in [0.25, 0.3) is 0 Å². The van der Waals surface area contributed by atoms with Crippen molar-refractivity contribution in [3.63, 3.8) is 0 Å². The average Bonchev–Trinajstić information content (AvgIpc) is 2.71. The second-order valence-corrected chi connectivity index (χ2v) is 5.77. The molecule has 0 saturated heterocycles. The van der Waals surface area contributed by atoms with Gasteiger partial charge in [-0.05, 0) is 12.1 Å². The van der Waals surface area contributed by atoms with Gasteiger partial charge in [-0.3, -0.25) is 5.10 Å². The molecule has 2 heterocycles. The zero-order valence-corrected chi connectivity index (χ0v) is 10.5. The van der Waals surface area contributed by atoms with Crippen molar-refractivity contribution in [1.29, 1.82) is 0 Å². The molecule has 0 aliphatic carbocycles. The average molecular weight is 267 g/mol. The third kappa shape index (κ3) is 2.59. The molecular weight excluding hydrogens is 254 g/mol. The molecule has 7 nitrogen and oxygen atoms in total. The van der Waals surface area contributed by atoms with Gasteiger partial charge in [0.15, 0.2) is 9.84 Å². The Morgan fingerprint density at radius 3 is 2.89 bits per heavy atom. The summed E-state index contributed by atoms with van der Waals surface area (Å²) in [5, 5.41) is 9.31. The number of nitrogen functional groups attached to an aromatic ring is 1. The first-order chi connectivity index (χ1) is 8.48. The SMILES string of the molecule is CS(=O)(=O)c1cccnc1NCc1cn[nH]c1N. The molecule has 0 aliphatic heterocycles. The highest BCUT2D eigenvalue weighted by Gasteiger charge is 2.14. The quantitative estimate of drug-likeness (QED) is 0.739. The molecule has 0 unspecified atom stereocenters. The number of nitrogens with one attached hydrogen (secondary N) is 2. The number of hydrogen-bond acceptors (Lipinski definition) is 6. The van der Waals surface area contributed by atoms with Crippen molar-refractivity contribution in [2.45, 2.75) is 11.4 Å². The van der Waals surface area contributed by atoms with Crippen LogP contribution in [0.4, 0.5) is 11.6 Å². The molecule has 0 aliphatic rings. The summed E-state index contributed by atoms with van der Waals surface area (Å²) >= 11 is 0. The van der Waals surface area contributed by atoms with E-state index in [1.54, 1.807) is 12.3 Å². The monoisotopic (exact) mass is 267 g/mol. The van der Waals surface area contributed by atoms with E-state index in [4.69, 9.17) is 5.73 Å². The predicted molar refractivity (Wildman–Crippen MR) is 67.7 cm³/mol. The van der Waals surface area contributed by atoms with Gasteiger partial charge in [-0.15, -0.1) is 0 Å². The fourth-order valence-corrected chi connectivity index (χ4v) is 2.27. The lowest BCUT2D eigenvalue weighted by Gasteiger charge is -2.08. The third-order valence-electron chi connectivity index (χ3n) is 2.37. The maximum atomic E-state index is 11.6. The van der Waals surface area contributed by atoms with E-state index >= 15 is 0 Å². The normalized spacial score (nSPS) is 11.4. The Bertz CT molecular complexity index is 650. The lowest BCUT2D eigenvalue weighted by Crippen LogP contribution is -2.08. The largest absolute Gasteiger partial charge is 0.384 e. The van der Waals surface area contributed by atoms with Crippen molar-refractivity contribution in [3.8, 4) is 0 Å². The molecular formula is C10H13N5O2S. The molecule has 8 heteroatoms. The molecule has 0 atom stereocenters. The summed E-state index contributed by atoms with van der Waals surface area (Å²) in [7, 11) is -3.31. The van der Waals surface area contributed by atoms with Crippen LogP contribution >= 0.6 is 0 Å². The Balaban J connectivity index is 2.23. The zero-order valence-electron chi connectivity index (χ0n) is 9.71. The summed E-state index contributed by atoms with van der Waals surface area (Å²) in [5.41, 5.74) is 6.38. The van der Waals surface area contributed by atoms with Crippen LogP contribution in [-0.4, -0.2) is 29.9 Å². The maximum Gasteiger partial charge on any atom is 0.179 e. The predicted octanol–water partition coefficient (Wildman–Crippen LogP) is 0.403. The molecule has 2 aromatic heterocycles. The summed E-state index contributed by atoms with van der Waals surface area (Å²) in [4.78, 5) is 4.17. The number of hydrogen-bond donors (Lipinski definition) is 3. The van der Waals surface area contributed by atoms with Crippen LogP contribution in [0.2, 0.25) is 0 Å². The molecule has 2 aromatic rings. The molecule has 2 rings (SSSR count). The smallest absolute Gasteiger partial charge is 0.179 e. The van der Waals surface area contributed by atoms with Gasteiger partial charge in [0.2, 0.25) is 0 Å². The minimum Gasteiger partial charge on any atom is -0.384 e. The minimum absolute atomic E-state index is 0.159. The van der Waals surface area contributed by atoms with E-state index in [1.807, 2.05) is 0 Å². The number of rotatable bonds is 4.